The van der Waals surface area contributed by atoms with Crippen molar-refractivity contribution in [2.75, 3.05) is 0 Å². The highest BCUT2D eigenvalue weighted by atomic mass is 32.1. The number of benzene rings is 12. The van der Waals surface area contributed by atoms with E-state index in [1.54, 1.807) is 0 Å². The summed E-state index contributed by atoms with van der Waals surface area (Å²) in [7, 11) is 0. The second-order valence-electron chi connectivity index (χ2n) is 20.9. The van der Waals surface area contributed by atoms with E-state index in [1.807, 2.05) is 22.7 Å². The molecule has 1 aliphatic rings. The van der Waals surface area contributed by atoms with Gasteiger partial charge in [0.05, 0.1) is 5.41 Å². The van der Waals surface area contributed by atoms with Gasteiger partial charge in [-0.15, -0.1) is 22.7 Å². The first-order valence-corrected chi connectivity index (χ1v) is 28.9. The van der Waals surface area contributed by atoms with E-state index >= 15 is 0 Å². The first kappa shape index (κ1) is 46.4. The average Bonchev–Trinajstić information content (AvgIpc) is 4.33. The summed E-state index contributed by atoms with van der Waals surface area (Å²) in [6, 6.07) is 107. The van der Waals surface area contributed by atoms with Crippen molar-refractivity contribution in [2.24, 2.45) is 0 Å². The van der Waals surface area contributed by atoms with E-state index in [-0.39, 0.29) is 5.92 Å². The van der Waals surface area contributed by atoms with Gasteiger partial charge in [0.25, 0.3) is 0 Å². The molecule has 0 bridgehead atoms. The molecule has 0 amide bonds. The third-order valence-electron chi connectivity index (χ3n) is 16.7. The lowest BCUT2D eigenvalue weighted by atomic mass is 9.66. The van der Waals surface area contributed by atoms with Crippen molar-refractivity contribution in [1.29, 1.82) is 0 Å². The summed E-state index contributed by atoms with van der Waals surface area (Å²) in [6.07, 6.45) is 1.86. The van der Waals surface area contributed by atoms with Crippen LogP contribution in [0.25, 0.3) is 96.0 Å². The number of hydrogen-bond acceptors (Lipinski definition) is 2. The molecular formula is C76H52S2. The Morgan fingerprint density at radius 2 is 0.808 bits per heavy atom. The van der Waals surface area contributed by atoms with E-state index in [0.717, 1.165) is 12.8 Å². The summed E-state index contributed by atoms with van der Waals surface area (Å²) < 4.78 is 5.36. The Bertz CT molecular complexity index is 4530. The van der Waals surface area contributed by atoms with Crippen LogP contribution < -0.4 is 0 Å². The molecule has 1 aliphatic carbocycles. The van der Waals surface area contributed by atoms with Gasteiger partial charge in [-0.1, -0.05) is 261 Å². The highest BCUT2D eigenvalue weighted by molar-refractivity contribution is 7.26. The molecule has 0 aliphatic heterocycles. The number of fused-ring (bicyclic) bond motifs is 9. The molecule has 0 saturated carbocycles. The minimum Gasteiger partial charge on any atom is -0.135 e. The molecule has 368 valence electrons. The van der Waals surface area contributed by atoms with E-state index in [9.17, 15) is 0 Å². The van der Waals surface area contributed by atoms with Gasteiger partial charge < -0.3 is 0 Å². The zero-order chi connectivity index (χ0) is 51.6. The Morgan fingerprint density at radius 3 is 1.44 bits per heavy atom. The maximum Gasteiger partial charge on any atom is 0.0714 e. The van der Waals surface area contributed by atoms with Crippen LogP contribution in [-0.4, -0.2) is 0 Å². The summed E-state index contributed by atoms with van der Waals surface area (Å²) in [5, 5.41) is 5.32. The standard InChI is InChI=1S/C76H52S2/c1-4-18-51(19-5-1)56-22-14-25-59(48-56)76(58-23-8-3-9-24-58)69-33-17-30-65(73(69)68-47-45-57(49-70(68)76)52-20-6-2-7-21-52)60(53-41-43-55(44-42-53)62-29-16-32-67-64-27-11-13-35-72(64)78-75(62)67)46-38-50-36-39-54(40-37-50)61-28-15-31-66-63-26-10-12-34-71(63)77-74(61)66/h1-37,39-45,47-49,60H,38,46H2. The fraction of sp³-hybridized carbons (Fsp3) is 0.0526. The van der Waals surface area contributed by atoms with Gasteiger partial charge in [0.2, 0.25) is 0 Å². The second kappa shape index (κ2) is 19.3. The summed E-state index contributed by atoms with van der Waals surface area (Å²) in [4.78, 5) is 0. The fourth-order valence-corrected chi connectivity index (χ4v) is 15.5. The second-order valence-corrected chi connectivity index (χ2v) is 23.0. The van der Waals surface area contributed by atoms with Crippen molar-refractivity contribution in [3.63, 3.8) is 0 Å². The van der Waals surface area contributed by atoms with Crippen LogP contribution in [0.2, 0.25) is 0 Å². The van der Waals surface area contributed by atoms with Gasteiger partial charge in [-0.3, -0.25) is 0 Å². The van der Waals surface area contributed by atoms with Crippen LogP contribution in [0.15, 0.2) is 285 Å². The Kier molecular flexibility index (Phi) is 11.5. The van der Waals surface area contributed by atoms with Gasteiger partial charge in [0.1, 0.15) is 0 Å². The maximum atomic E-state index is 2.51. The van der Waals surface area contributed by atoms with Gasteiger partial charge in [0, 0.05) is 46.3 Å². The minimum absolute atomic E-state index is 0.0879. The lowest BCUT2D eigenvalue weighted by molar-refractivity contribution is 0.713. The molecule has 15 rings (SSSR count). The highest BCUT2D eigenvalue weighted by Gasteiger charge is 2.47. The summed E-state index contributed by atoms with van der Waals surface area (Å²) in [5.41, 5.74) is 21.2. The third-order valence-corrected chi connectivity index (χ3v) is 19.1. The average molecular weight is 1030 g/mol. The molecule has 2 heteroatoms. The molecule has 0 spiro atoms. The van der Waals surface area contributed by atoms with Crippen molar-refractivity contribution < 1.29 is 0 Å². The third kappa shape index (κ3) is 7.70. The van der Waals surface area contributed by atoms with E-state index in [1.165, 1.54) is 135 Å². The molecule has 0 fully saturated rings. The molecule has 0 nitrogen and oxygen atoms in total. The van der Waals surface area contributed by atoms with Crippen molar-refractivity contribution >= 4 is 63.0 Å². The first-order chi connectivity index (χ1) is 38.7. The van der Waals surface area contributed by atoms with Gasteiger partial charge in [-0.2, -0.15) is 0 Å². The van der Waals surface area contributed by atoms with Crippen molar-refractivity contribution in [3.05, 3.63) is 324 Å². The summed E-state index contributed by atoms with van der Waals surface area (Å²) in [6.45, 7) is 0. The largest absolute Gasteiger partial charge is 0.135 e. The van der Waals surface area contributed by atoms with Gasteiger partial charge in [-0.25, -0.2) is 0 Å². The lowest BCUT2D eigenvalue weighted by Crippen LogP contribution is -2.28. The van der Waals surface area contributed by atoms with Crippen LogP contribution >= 0.6 is 22.7 Å². The minimum atomic E-state index is -0.609. The van der Waals surface area contributed by atoms with Crippen LogP contribution in [0.1, 0.15) is 51.3 Å². The van der Waals surface area contributed by atoms with Crippen LogP contribution in [0, 0.1) is 0 Å². The zero-order valence-electron chi connectivity index (χ0n) is 42.9. The molecule has 2 heterocycles. The molecule has 0 N–H and O–H groups in total. The van der Waals surface area contributed by atoms with Crippen LogP contribution in [0.5, 0.6) is 0 Å². The summed E-state index contributed by atoms with van der Waals surface area (Å²) >= 11 is 3.80. The van der Waals surface area contributed by atoms with Crippen LogP contribution in [-0.2, 0) is 11.8 Å². The van der Waals surface area contributed by atoms with Crippen molar-refractivity contribution in [1.82, 2.24) is 0 Å². The fourth-order valence-electron chi connectivity index (χ4n) is 13.0. The summed E-state index contributed by atoms with van der Waals surface area (Å²) in [5.74, 6) is 0.0879. The molecule has 78 heavy (non-hydrogen) atoms. The number of aryl methyl sites for hydroxylation is 1. The van der Waals surface area contributed by atoms with Crippen LogP contribution in [0.3, 0.4) is 0 Å². The first-order valence-electron chi connectivity index (χ1n) is 27.2. The monoisotopic (exact) mass is 1030 g/mol. The number of thiophene rings is 2. The number of hydrogen-bond donors (Lipinski definition) is 0. The smallest absolute Gasteiger partial charge is 0.0714 e. The molecule has 2 unspecified atom stereocenters. The van der Waals surface area contributed by atoms with E-state index in [4.69, 9.17) is 0 Å². The Labute approximate surface area is 463 Å². The van der Waals surface area contributed by atoms with E-state index in [2.05, 4.69) is 285 Å². The Morgan fingerprint density at radius 1 is 0.321 bits per heavy atom. The Balaban J connectivity index is 0.902. The molecule has 0 saturated heterocycles. The predicted octanol–water partition coefficient (Wildman–Crippen LogP) is 21.2. The molecule has 12 aromatic carbocycles. The predicted molar refractivity (Wildman–Crippen MR) is 334 cm³/mol. The van der Waals surface area contributed by atoms with Gasteiger partial charge >= 0.3 is 0 Å². The van der Waals surface area contributed by atoms with E-state index in [0.29, 0.717) is 0 Å². The van der Waals surface area contributed by atoms with Crippen molar-refractivity contribution in [3.8, 4) is 55.6 Å². The van der Waals surface area contributed by atoms with Gasteiger partial charge in [-0.05, 0) is 132 Å². The SMILES string of the molecule is c1ccc(-c2cccc(C3(c4ccccc4)c4cc(-c5ccccc5)ccc4-c4c(C(CCc5ccc(-c6cccc7c6sc6ccccc67)cc5)c5ccc(-c6cccc7c6sc6ccccc67)cc5)cccc43)c2)cc1. The quantitative estimate of drug-likeness (QED) is 0.121. The normalized spacial score (nSPS) is 14.3. The highest BCUT2D eigenvalue weighted by Crippen LogP contribution is 2.59. The van der Waals surface area contributed by atoms with Crippen molar-refractivity contribution in [2.45, 2.75) is 24.2 Å². The van der Waals surface area contributed by atoms with Gasteiger partial charge in [0.15, 0.2) is 0 Å². The van der Waals surface area contributed by atoms with E-state index < -0.39 is 5.41 Å². The molecular weight excluding hydrogens is 977 g/mol. The maximum absolute atomic E-state index is 2.51. The topological polar surface area (TPSA) is 0 Å². The number of rotatable bonds is 11. The molecule has 2 aromatic heterocycles. The molecule has 14 aromatic rings. The lowest BCUT2D eigenvalue weighted by Gasteiger charge is -2.35. The Hall–Kier alpha value is -8.92. The zero-order valence-corrected chi connectivity index (χ0v) is 44.6. The molecule has 0 radical (unpaired) electrons. The van der Waals surface area contributed by atoms with Crippen LogP contribution in [0.4, 0.5) is 0 Å². The molecule has 2 atom stereocenters.